The molecular formula is C60H90N10O12S2. The Kier molecular flexibility index (Phi) is 25.4. The Labute approximate surface area is 503 Å². The molecule has 0 spiro atoms. The van der Waals surface area contributed by atoms with Gasteiger partial charge in [0.1, 0.15) is 18.1 Å². The molecule has 12 atom stereocenters. The molecule has 464 valence electrons. The maximum Gasteiger partial charge on any atom is 0.326 e. The number of ether oxygens (including phenoxy) is 2. The van der Waals surface area contributed by atoms with E-state index in [2.05, 4.69) is 30.9 Å². The number of amides is 8. The molecule has 0 radical (unpaired) electrons. The van der Waals surface area contributed by atoms with Gasteiger partial charge < -0.3 is 39.9 Å². The molecule has 22 nitrogen and oxygen atoms in total. The van der Waals surface area contributed by atoms with E-state index < -0.39 is 107 Å². The van der Waals surface area contributed by atoms with Gasteiger partial charge in [0.25, 0.3) is 0 Å². The second-order valence-electron chi connectivity index (χ2n) is 23.7. The number of aromatic nitrogens is 3. The summed E-state index contributed by atoms with van der Waals surface area (Å²) in [4.78, 5) is 143. The molecule has 1 aromatic carbocycles. The topological polar surface area (TPSA) is 280 Å². The molecule has 24 heteroatoms. The minimum atomic E-state index is -1.18. The van der Waals surface area contributed by atoms with Gasteiger partial charge in [0.2, 0.25) is 59.2 Å². The lowest BCUT2D eigenvalue weighted by Crippen LogP contribution is -2.60. The molecule has 4 heterocycles. The van der Waals surface area contributed by atoms with E-state index in [0.717, 1.165) is 61.8 Å². The summed E-state index contributed by atoms with van der Waals surface area (Å²) in [5.74, 6) is -7.03. The number of anilines is 2. The Morgan fingerprint density at radius 3 is 2.11 bits per heavy atom. The number of hydrogen-bond acceptors (Lipinski definition) is 16. The SMILES string of the molecule is CC[C@H](C)C([C@@H](CC(=O)N1CCC[C@H]1[C@H](OC)[C@@H](C)C(=O)N[C@@H](Cc1ccccc1)C(=O)O)OC)N(C)C(=O)[C@@H](NC(=O)C(C(C)C)N(C)C(=O)CCC(=O)Nc1nc2nc(n1)N1C(=O)CC(SC3CCCCCC(CCC3)S2)C1=O)C(C)C. The number of carbonyl (C=O) groups excluding carboxylic acids is 8. The summed E-state index contributed by atoms with van der Waals surface area (Å²) in [5.41, 5.74) is 0.751. The van der Waals surface area contributed by atoms with Crippen molar-refractivity contribution in [2.75, 3.05) is 45.1 Å². The molecule has 1 aliphatic carbocycles. The lowest BCUT2D eigenvalue weighted by atomic mass is 9.89. The van der Waals surface area contributed by atoms with E-state index in [9.17, 15) is 48.3 Å². The highest BCUT2D eigenvalue weighted by atomic mass is 32.2. The minimum absolute atomic E-state index is 0.0353. The molecule has 5 unspecified atom stereocenters. The highest BCUT2D eigenvalue weighted by molar-refractivity contribution is 8.01. The van der Waals surface area contributed by atoms with Crippen LogP contribution in [0.2, 0.25) is 0 Å². The number of carboxylic acids is 1. The number of imide groups is 1. The fourth-order valence-corrected chi connectivity index (χ4v) is 14.9. The van der Waals surface area contributed by atoms with Crippen molar-refractivity contribution >= 4 is 88.6 Å². The average molecular weight is 1210 g/mol. The molecule has 1 aromatic heterocycles. The van der Waals surface area contributed by atoms with Gasteiger partial charge in [0, 0.05) is 71.0 Å². The first-order valence-electron chi connectivity index (χ1n) is 30.0. The molecule has 84 heavy (non-hydrogen) atoms. The van der Waals surface area contributed by atoms with Gasteiger partial charge in [-0.3, -0.25) is 43.7 Å². The lowest BCUT2D eigenvalue weighted by Gasteiger charge is -2.41. The molecule has 4 N–H and O–H groups in total. The van der Waals surface area contributed by atoms with Gasteiger partial charge >= 0.3 is 5.97 Å². The van der Waals surface area contributed by atoms with E-state index in [-0.39, 0.29) is 77.4 Å². The van der Waals surface area contributed by atoms with Crippen molar-refractivity contribution in [2.24, 2.45) is 23.7 Å². The summed E-state index contributed by atoms with van der Waals surface area (Å²) in [5, 5.41) is 18.5. The van der Waals surface area contributed by atoms with Crippen LogP contribution < -0.4 is 20.9 Å². The van der Waals surface area contributed by atoms with Crippen LogP contribution in [0, 0.1) is 23.7 Å². The number of likely N-dealkylation sites (tertiary alicyclic amines) is 1. The van der Waals surface area contributed by atoms with Crippen LogP contribution in [-0.4, -0.2) is 181 Å². The zero-order valence-corrected chi connectivity index (χ0v) is 52.5. The number of fused-ring (bicyclic) bond motifs is 9. The smallest absolute Gasteiger partial charge is 0.326 e. The van der Waals surface area contributed by atoms with Gasteiger partial charge in [-0.25, -0.2) is 9.69 Å². The Balaban J connectivity index is 1.09. The Morgan fingerprint density at radius 2 is 1.46 bits per heavy atom. The monoisotopic (exact) mass is 1210 g/mol. The number of carbonyl (C=O) groups is 9. The number of likely N-dealkylation sites (N-methyl/N-ethyl adjacent to an activating group) is 2. The van der Waals surface area contributed by atoms with Gasteiger partial charge in [-0.15, -0.1) is 11.8 Å². The number of thioether (sulfide) groups is 2. The number of methoxy groups -OCH3 is 2. The number of aliphatic carboxylic acids is 1. The van der Waals surface area contributed by atoms with Crippen molar-refractivity contribution in [3.63, 3.8) is 0 Å². The normalized spacial score (nSPS) is 22.1. The summed E-state index contributed by atoms with van der Waals surface area (Å²) >= 11 is 3.03. The molecule has 8 amide bonds. The first-order chi connectivity index (χ1) is 40.0. The van der Waals surface area contributed by atoms with Gasteiger partial charge in [-0.05, 0) is 61.8 Å². The zero-order valence-electron chi connectivity index (χ0n) is 50.9. The summed E-state index contributed by atoms with van der Waals surface area (Å²) in [6, 6.07) is 4.57. The highest BCUT2D eigenvalue weighted by Crippen LogP contribution is 2.39. The lowest BCUT2D eigenvalue weighted by molar-refractivity contribution is -0.149. The van der Waals surface area contributed by atoms with Crippen LogP contribution in [0.5, 0.6) is 0 Å². The highest BCUT2D eigenvalue weighted by Gasteiger charge is 2.46. The molecule has 3 aliphatic heterocycles. The Morgan fingerprint density at radius 1 is 0.786 bits per heavy atom. The number of carboxylic acid groups (broad SMARTS) is 1. The van der Waals surface area contributed by atoms with Crippen molar-refractivity contribution in [3.05, 3.63) is 35.9 Å². The number of nitrogens with one attached hydrogen (secondary N) is 3. The standard InChI is InChI=1S/C60H90N10O12S2/c1-12-36(6)51(43(81-10)32-47(73)69-30-20-27-42(69)52(82-11)37(7)53(75)61-41(57(79)80)31-38-21-15-13-16-22-38)68(9)56(78)49(34(2)3)63-54(76)50(35(4)5)67(8)46(72)29-28-45(71)62-58-64-59-66-60(65-58)84-40-24-18-14-17-23-39(25-19-26-40)83-44-33-48(74)70(59)55(44)77/h13,15-16,21-22,34-37,39-44,49-52H,12,14,17-20,23-33H2,1-11H3,(H,61,75)(H,63,76)(H,79,80)(H,62,64,65,66,71)/t36-,37+,39?,40?,41-,42-,43+,44?,49-,50?,51?,52+/m0/s1. The predicted octanol–water partition coefficient (Wildman–Crippen LogP) is 6.29. The largest absolute Gasteiger partial charge is 0.480 e. The average Bonchev–Trinajstić information content (AvgIpc) is 4.28. The maximum atomic E-state index is 14.8. The van der Waals surface area contributed by atoms with E-state index in [1.165, 1.54) is 37.9 Å². The zero-order chi connectivity index (χ0) is 61.5. The van der Waals surface area contributed by atoms with E-state index in [1.807, 2.05) is 19.9 Å². The van der Waals surface area contributed by atoms with E-state index >= 15 is 0 Å². The molecule has 6 rings (SSSR count). The first-order valence-corrected chi connectivity index (χ1v) is 31.8. The van der Waals surface area contributed by atoms with Crippen LogP contribution in [-0.2, 0) is 59.0 Å². The van der Waals surface area contributed by atoms with Crippen LogP contribution in [0.1, 0.15) is 150 Å². The van der Waals surface area contributed by atoms with Gasteiger partial charge in [-0.2, -0.15) is 15.0 Å². The fourth-order valence-electron chi connectivity index (χ4n) is 12.2. The van der Waals surface area contributed by atoms with Crippen molar-refractivity contribution in [3.8, 4) is 0 Å². The van der Waals surface area contributed by atoms with Gasteiger partial charge in [0.15, 0.2) is 5.16 Å². The summed E-state index contributed by atoms with van der Waals surface area (Å²) in [6.45, 7) is 13.1. The molecule has 2 saturated heterocycles. The van der Waals surface area contributed by atoms with Crippen LogP contribution in [0.4, 0.5) is 11.9 Å². The number of nitrogens with zero attached hydrogens (tertiary/aromatic N) is 7. The number of rotatable bonds is 25. The maximum absolute atomic E-state index is 14.8. The molecule has 4 aliphatic rings. The quantitative estimate of drug-likeness (QED) is 0.0795. The second-order valence-corrected chi connectivity index (χ2v) is 26.5. The predicted molar refractivity (Wildman–Crippen MR) is 321 cm³/mol. The third-order valence-corrected chi connectivity index (χ3v) is 19.8. The minimum Gasteiger partial charge on any atom is -0.480 e. The Bertz CT molecular complexity index is 2630. The van der Waals surface area contributed by atoms with Crippen LogP contribution in [0.15, 0.2) is 35.5 Å². The van der Waals surface area contributed by atoms with Gasteiger partial charge in [-0.1, -0.05) is 123 Å². The van der Waals surface area contributed by atoms with Crippen molar-refractivity contribution < 1.29 is 57.7 Å². The molecule has 3 fully saturated rings. The number of hydrogen-bond donors (Lipinski definition) is 4. The van der Waals surface area contributed by atoms with Crippen LogP contribution in [0.3, 0.4) is 0 Å². The second kappa shape index (κ2) is 31.6. The first kappa shape index (κ1) is 67.4. The summed E-state index contributed by atoms with van der Waals surface area (Å²) < 4.78 is 12.0. The molecule has 1 saturated carbocycles. The third-order valence-electron chi connectivity index (χ3n) is 17.1. The molecular weight excluding hydrogens is 1120 g/mol. The van der Waals surface area contributed by atoms with Gasteiger partial charge in [0.05, 0.1) is 41.9 Å². The third kappa shape index (κ3) is 17.5. The van der Waals surface area contributed by atoms with Crippen molar-refractivity contribution in [2.45, 2.75) is 215 Å². The van der Waals surface area contributed by atoms with Crippen molar-refractivity contribution in [1.82, 2.24) is 40.3 Å². The van der Waals surface area contributed by atoms with Crippen LogP contribution >= 0.6 is 23.5 Å². The van der Waals surface area contributed by atoms with Crippen molar-refractivity contribution in [1.29, 1.82) is 0 Å². The summed E-state index contributed by atoms with van der Waals surface area (Å²) in [7, 11) is 6.06. The van der Waals surface area contributed by atoms with E-state index in [1.54, 1.807) is 87.5 Å². The van der Waals surface area contributed by atoms with Crippen LogP contribution in [0.25, 0.3) is 0 Å². The number of benzene rings is 1. The molecule has 6 bridgehead atoms. The Hall–Kier alpha value is -5.72. The fraction of sp³-hybridized carbons (Fsp3) is 0.700. The van der Waals surface area contributed by atoms with E-state index in [0.29, 0.717) is 25.8 Å². The molecule has 2 aromatic rings. The van der Waals surface area contributed by atoms with E-state index in [4.69, 9.17) is 9.47 Å². The summed E-state index contributed by atoms with van der Waals surface area (Å²) in [6.07, 6.45) is 7.59.